The molecule has 0 aliphatic rings. The lowest BCUT2D eigenvalue weighted by Gasteiger charge is -2.18. The molecule has 0 spiro atoms. The Morgan fingerprint density at radius 3 is 1.61 bits per heavy atom. The SMILES string of the molecule is CC/C=C\C/C=C\C/C=C\CCCCCCCC(=O)OCC(O)COP(=O)(O)OCC(NC(=O)CCCCCCCCCCCCCCCCC)C(=O)O. The molecule has 1 amide bonds. The Morgan fingerprint density at radius 1 is 0.611 bits per heavy atom. The van der Waals surface area contributed by atoms with Gasteiger partial charge in [0.2, 0.25) is 5.91 Å². The van der Waals surface area contributed by atoms with E-state index in [4.69, 9.17) is 13.8 Å². The average Bonchev–Trinajstić information content (AvgIpc) is 3.14. The number of allylic oxidation sites excluding steroid dienone is 6. The zero-order chi connectivity index (χ0) is 40.0. The number of rotatable bonds is 39. The number of esters is 1. The van der Waals surface area contributed by atoms with Crippen molar-refractivity contribution in [2.24, 2.45) is 0 Å². The first-order chi connectivity index (χ1) is 26.1. The van der Waals surface area contributed by atoms with E-state index in [0.29, 0.717) is 12.8 Å². The van der Waals surface area contributed by atoms with Crippen molar-refractivity contribution in [3.8, 4) is 0 Å². The zero-order valence-corrected chi connectivity index (χ0v) is 34.7. The Morgan fingerprint density at radius 2 is 1.07 bits per heavy atom. The number of carboxylic acid groups (broad SMARTS) is 1. The number of ether oxygens (including phenoxy) is 1. The molecule has 3 unspecified atom stereocenters. The molecule has 3 atom stereocenters. The first kappa shape index (κ1) is 51.7. The van der Waals surface area contributed by atoms with Crippen LogP contribution in [0.25, 0.3) is 0 Å². The molecule has 0 aliphatic heterocycles. The summed E-state index contributed by atoms with van der Waals surface area (Å²) in [7, 11) is -4.76. The molecule has 0 radical (unpaired) electrons. The van der Waals surface area contributed by atoms with E-state index in [1.807, 2.05) is 0 Å². The number of nitrogens with one attached hydrogen (secondary N) is 1. The topological polar surface area (TPSA) is 169 Å². The molecule has 0 aliphatic carbocycles. The fraction of sp³-hybridized carbons (Fsp3) is 0.786. The number of hydrogen-bond donors (Lipinski definition) is 4. The minimum absolute atomic E-state index is 0.147. The van der Waals surface area contributed by atoms with Gasteiger partial charge in [-0.3, -0.25) is 18.6 Å². The summed E-state index contributed by atoms with van der Waals surface area (Å²) in [6, 6.07) is -1.55. The van der Waals surface area contributed by atoms with E-state index in [1.165, 1.54) is 70.6 Å². The van der Waals surface area contributed by atoms with Gasteiger partial charge in [-0.05, 0) is 44.9 Å². The highest BCUT2D eigenvalue weighted by Crippen LogP contribution is 2.43. The van der Waals surface area contributed by atoms with E-state index >= 15 is 0 Å². The summed E-state index contributed by atoms with van der Waals surface area (Å²) in [6.07, 6.45) is 38.8. The highest BCUT2D eigenvalue weighted by molar-refractivity contribution is 7.47. The Labute approximate surface area is 327 Å². The molecule has 0 bridgehead atoms. The second-order valence-electron chi connectivity index (χ2n) is 14.2. The van der Waals surface area contributed by atoms with Crippen molar-refractivity contribution >= 4 is 25.7 Å². The Kier molecular flexibility index (Phi) is 36.0. The van der Waals surface area contributed by atoms with Crippen LogP contribution in [-0.2, 0) is 32.7 Å². The Bertz CT molecular complexity index is 1060. The number of hydrogen-bond acceptors (Lipinski definition) is 8. The van der Waals surface area contributed by atoms with E-state index in [0.717, 1.165) is 70.6 Å². The standard InChI is InChI=1S/C42H76NO10P/c1-3-5-7-9-11-13-15-17-19-21-23-25-27-29-31-33-40(45)43-39(42(47)48)37-53-54(49,50)52-36-38(44)35-51-41(46)34-32-30-28-26-24-22-20-18-16-14-12-10-8-6-4-2/h6,8,12,14,18,20,38-39,44H,3-5,7,9-11,13,15-17,19,21-37H2,1-2H3,(H,43,45)(H,47,48)(H,49,50)/b8-6-,14-12-,20-18-. The predicted molar refractivity (Wildman–Crippen MR) is 217 cm³/mol. The van der Waals surface area contributed by atoms with Crippen LogP contribution in [0.2, 0.25) is 0 Å². The number of carbonyl (C=O) groups is 3. The van der Waals surface area contributed by atoms with Gasteiger partial charge in [0.25, 0.3) is 0 Å². The number of aliphatic hydroxyl groups is 1. The van der Waals surface area contributed by atoms with E-state index < -0.39 is 57.6 Å². The molecule has 0 heterocycles. The van der Waals surface area contributed by atoms with Crippen molar-refractivity contribution in [1.29, 1.82) is 0 Å². The summed E-state index contributed by atoms with van der Waals surface area (Å²) >= 11 is 0. The molecule has 0 fully saturated rings. The minimum atomic E-state index is -4.76. The molecule has 0 saturated heterocycles. The third-order valence-corrected chi connectivity index (χ3v) is 9.89. The molecule has 4 N–H and O–H groups in total. The number of aliphatic hydroxyl groups excluding tert-OH is 1. The minimum Gasteiger partial charge on any atom is -0.480 e. The van der Waals surface area contributed by atoms with E-state index in [2.05, 4.69) is 55.6 Å². The van der Waals surface area contributed by atoms with Crippen LogP contribution in [0.15, 0.2) is 36.5 Å². The van der Waals surface area contributed by atoms with Crippen molar-refractivity contribution in [1.82, 2.24) is 5.32 Å². The lowest BCUT2D eigenvalue weighted by molar-refractivity contribution is -0.147. The molecule has 54 heavy (non-hydrogen) atoms. The smallest absolute Gasteiger partial charge is 0.472 e. The van der Waals surface area contributed by atoms with Crippen LogP contribution in [0.5, 0.6) is 0 Å². The van der Waals surface area contributed by atoms with Gasteiger partial charge in [0.05, 0.1) is 13.2 Å². The molecule has 11 nitrogen and oxygen atoms in total. The average molecular weight is 786 g/mol. The van der Waals surface area contributed by atoms with Crippen molar-refractivity contribution in [2.45, 2.75) is 193 Å². The summed E-state index contributed by atoms with van der Waals surface area (Å²) in [4.78, 5) is 45.8. The molecule has 0 aromatic carbocycles. The zero-order valence-electron chi connectivity index (χ0n) is 33.8. The number of amides is 1. The van der Waals surface area contributed by atoms with E-state index in [-0.39, 0.29) is 12.8 Å². The normalized spacial score (nSPS) is 14.1. The van der Waals surface area contributed by atoms with Crippen molar-refractivity contribution < 1.29 is 47.8 Å². The van der Waals surface area contributed by atoms with E-state index in [1.54, 1.807) is 0 Å². The van der Waals surface area contributed by atoms with Gasteiger partial charge in [0.1, 0.15) is 12.7 Å². The molecular formula is C42H76NO10P. The van der Waals surface area contributed by atoms with Crippen LogP contribution in [-0.4, -0.2) is 64.9 Å². The molecule has 0 aromatic heterocycles. The lowest BCUT2D eigenvalue weighted by Crippen LogP contribution is -2.43. The molecule has 0 saturated carbocycles. The van der Waals surface area contributed by atoms with Crippen LogP contribution < -0.4 is 5.32 Å². The van der Waals surface area contributed by atoms with Crippen LogP contribution in [0.3, 0.4) is 0 Å². The number of carboxylic acids is 1. The Hall–Kier alpha value is -2.30. The summed E-state index contributed by atoms with van der Waals surface area (Å²) in [5.41, 5.74) is 0. The van der Waals surface area contributed by atoms with Crippen LogP contribution in [0, 0.1) is 0 Å². The van der Waals surface area contributed by atoms with Gasteiger partial charge in [0.15, 0.2) is 6.04 Å². The van der Waals surface area contributed by atoms with Crippen molar-refractivity contribution in [2.75, 3.05) is 19.8 Å². The largest absolute Gasteiger partial charge is 0.480 e. The van der Waals surface area contributed by atoms with Gasteiger partial charge in [-0.25, -0.2) is 9.36 Å². The monoisotopic (exact) mass is 786 g/mol. The first-order valence-electron chi connectivity index (χ1n) is 21.0. The lowest BCUT2D eigenvalue weighted by atomic mass is 10.0. The molecule has 0 aromatic rings. The number of unbranched alkanes of at least 4 members (excludes halogenated alkanes) is 19. The fourth-order valence-corrected chi connectivity index (χ4v) is 6.45. The summed E-state index contributed by atoms with van der Waals surface area (Å²) < 4.78 is 26.8. The molecular weight excluding hydrogens is 709 g/mol. The number of phosphoric acid groups is 1. The quantitative estimate of drug-likeness (QED) is 0.0204. The summed E-state index contributed by atoms with van der Waals surface area (Å²) in [5.74, 6) is -2.39. The second kappa shape index (κ2) is 37.6. The first-order valence-corrected chi connectivity index (χ1v) is 22.5. The van der Waals surface area contributed by atoms with Gasteiger partial charge < -0.3 is 25.2 Å². The predicted octanol–water partition coefficient (Wildman–Crippen LogP) is 10.4. The van der Waals surface area contributed by atoms with Crippen LogP contribution >= 0.6 is 7.82 Å². The maximum absolute atomic E-state index is 12.3. The summed E-state index contributed by atoms with van der Waals surface area (Å²) in [5, 5.41) is 21.8. The van der Waals surface area contributed by atoms with Crippen molar-refractivity contribution in [3.05, 3.63) is 36.5 Å². The number of carbonyl (C=O) groups excluding carboxylic acids is 2. The highest BCUT2D eigenvalue weighted by atomic mass is 31.2. The maximum atomic E-state index is 12.3. The maximum Gasteiger partial charge on any atom is 0.472 e. The van der Waals surface area contributed by atoms with Crippen LogP contribution in [0.1, 0.15) is 181 Å². The van der Waals surface area contributed by atoms with E-state index in [9.17, 15) is 34.1 Å². The third-order valence-electron chi connectivity index (χ3n) is 8.94. The van der Waals surface area contributed by atoms with Crippen LogP contribution in [0.4, 0.5) is 0 Å². The second-order valence-corrected chi connectivity index (χ2v) is 15.6. The van der Waals surface area contributed by atoms with Gasteiger partial charge >= 0.3 is 19.8 Å². The molecule has 12 heteroatoms. The highest BCUT2D eigenvalue weighted by Gasteiger charge is 2.28. The van der Waals surface area contributed by atoms with Gasteiger partial charge in [-0.2, -0.15) is 0 Å². The molecule has 314 valence electrons. The van der Waals surface area contributed by atoms with Gasteiger partial charge in [-0.1, -0.05) is 159 Å². The molecule has 0 rings (SSSR count). The number of aliphatic carboxylic acids is 1. The van der Waals surface area contributed by atoms with Gasteiger partial charge in [0, 0.05) is 12.8 Å². The van der Waals surface area contributed by atoms with Gasteiger partial charge in [-0.15, -0.1) is 0 Å². The third kappa shape index (κ3) is 36.7. The fourth-order valence-electron chi connectivity index (χ4n) is 5.68. The number of phosphoric ester groups is 1. The Balaban J connectivity index is 3.93. The summed E-state index contributed by atoms with van der Waals surface area (Å²) in [6.45, 7) is 2.46. The van der Waals surface area contributed by atoms with Crippen molar-refractivity contribution in [3.63, 3.8) is 0 Å².